The molecule has 1 aromatic rings. The van der Waals surface area contributed by atoms with Crippen molar-refractivity contribution in [1.82, 2.24) is 15.5 Å². The number of likely N-dealkylation sites (tertiary alicyclic amines) is 1. The van der Waals surface area contributed by atoms with Gasteiger partial charge in [0.2, 0.25) is 29.5 Å². The number of anilines is 1. The fourth-order valence-corrected chi connectivity index (χ4v) is 5.87. The third kappa shape index (κ3) is 16.1. The second-order valence-electron chi connectivity index (χ2n) is 13.7. The lowest BCUT2D eigenvalue weighted by molar-refractivity contribution is -0.148. The van der Waals surface area contributed by atoms with Gasteiger partial charge >= 0.3 is 5.97 Å². The summed E-state index contributed by atoms with van der Waals surface area (Å²) in [4.78, 5) is 76.4. The van der Waals surface area contributed by atoms with Crippen LogP contribution in [0.3, 0.4) is 0 Å². The minimum Gasteiger partial charge on any atom is -0.461 e. The molecule has 0 bridgehead atoms. The van der Waals surface area contributed by atoms with Gasteiger partial charge in [-0.15, -0.1) is 6.42 Å². The van der Waals surface area contributed by atoms with Crippen LogP contribution in [0.15, 0.2) is 18.2 Å². The first-order chi connectivity index (χ1) is 24.9. The van der Waals surface area contributed by atoms with Crippen molar-refractivity contribution in [1.29, 1.82) is 0 Å². The van der Waals surface area contributed by atoms with E-state index < -0.39 is 45.7 Å². The van der Waals surface area contributed by atoms with Gasteiger partial charge in [0, 0.05) is 38.3 Å². The zero-order valence-electron chi connectivity index (χ0n) is 31.3. The van der Waals surface area contributed by atoms with Crippen molar-refractivity contribution in [2.75, 3.05) is 30.8 Å². The molecule has 53 heavy (non-hydrogen) atoms. The van der Waals surface area contributed by atoms with Crippen LogP contribution in [0.2, 0.25) is 0 Å². The number of rotatable bonds is 23. The molecule has 0 aliphatic carbocycles. The zero-order chi connectivity index (χ0) is 39.7. The minimum atomic E-state index is -4.05. The van der Waals surface area contributed by atoms with Crippen LogP contribution in [-0.2, 0) is 61.4 Å². The van der Waals surface area contributed by atoms with Crippen molar-refractivity contribution in [3.63, 3.8) is 0 Å². The minimum absolute atomic E-state index is 0.0222. The Morgan fingerprint density at radius 2 is 1.66 bits per heavy atom. The summed E-state index contributed by atoms with van der Waals surface area (Å²) in [5.74, 6) is -1.73. The maximum atomic E-state index is 13.2. The predicted octanol–water partition coefficient (Wildman–Crippen LogP) is 2.77. The molecule has 0 saturated carbocycles. The molecule has 294 valence electrons. The number of nitrogens with zero attached hydrogens (tertiary/aromatic N) is 1. The molecule has 1 aliphatic heterocycles. The van der Waals surface area contributed by atoms with E-state index in [9.17, 15) is 37.2 Å². The van der Waals surface area contributed by atoms with E-state index >= 15 is 0 Å². The van der Waals surface area contributed by atoms with Gasteiger partial charge in [-0.1, -0.05) is 46.1 Å². The van der Waals surface area contributed by atoms with Gasteiger partial charge in [-0.25, -0.2) is 0 Å². The van der Waals surface area contributed by atoms with Crippen molar-refractivity contribution in [3.8, 4) is 12.3 Å². The molecule has 15 nitrogen and oxygen atoms in total. The molecule has 0 radical (unpaired) electrons. The van der Waals surface area contributed by atoms with Crippen LogP contribution in [0.4, 0.5) is 5.69 Å². The van der Waals surface area contributed by atoms with Crippen LogP contribution >= 0.6 is 0 Å². The lowest BCUT2D eigenvalue weighted by atomic mass is 10.0. The van der Waals surface area contributed by atoms with Gasteiger partial charge in [-0.3, -0.25) is 38.2 Å². The molecule has 1 saturated heterocycles. The summed E-state index contributed by atoms with van der Waals surface area (Å²) in [6, 6.07) is 3.28. The quantitative estimate of drug-likeness (QED) is 0.0418. The maximum Gasteiger partial charge on any atom is 0.308 e. The summed E-state index contributed by atoms with van der Waals surface area (Å²) in [5, 5.41) is 8.21. The zero-order valence-corrected chi connectivity index (χ0v) is 32.1. The Bertz CT molecular complexity index is 1600. The molecule has 1 heterocycles. The molecule has 1 aromatic carbocycles. The van der Waals surface area contributed by atoms with Gasteiger partial charge in [0.25, 0.3) is 10.1 Å². The Morgan fingerprint density at radius 1 is 0.962 bits per heavy atom. The van der Waals surface area contributed by atoms with Gasteiger partial charge in [-0.2, -0.15) is 8.42 Å². The lowest BCUT2D eigenvalue weighted by Gasteiger charge is -2.24. The first-order valence-corrected chi connectivity index (χ1v) is 19.6. The number of aryl methyl sites for hydroxylation is 1. The molecule has 2 rings (SSSR count). The smallest absolute Gasteiger partial charge is 0.308 e. The Labute approximate surface area is 312 Å². The molecule has 1 aliphatic rings. The standard InChI is InChI=1S/C37H54N4O11S/c1-7-27-22-32(43)41(36(27)46)17-10-8-9-14-31(42)40-33(24(2)3)35(45)38-26(6)34(44)39-30-16-15-29(23-52-37(47)25(4)5)28(21-30)13-11-18-51-19-12-20-53(48,49)50/h1,15-16,21,24-27,33H,8-14,17-20,22-23H2,2-6H3,(H,38,45)(H,39,44)(H,40,42)(H,48,49,50)/t26-,27?,33-/m0/s1. The van der Waals surface area contributed by atoms with Crippen LogP contribution in [0, 0.1) is 30.1 Å². The molecular formula is C37H54N4O11S. The molecule has 0 spiro atoms. The van der Waals surface area contributed by atoms with Crippen molar-refractivity contribution in [2.45, 2.75) is 105 Å². The SMILES string of the molecule is C#CC1CC(=O)N(CCCCCC(=O)N[C@H](C(=O)N[C@@H](C)C(=O)Nc2ccc(COC(=O)C(C)C)c(CCCOCCCS(=O)(=O)O)c2)C(C)C)C1=O. The number of amides is 5. The van der Waals surface area contributed by atoms with Crippen LogP contribution in [0.1, 0.15) is 90.7 Å². The average Bonchev–Trinajstić information content (AvgIpc) is 3.36. The largest absolute Gasteiger partial charge is 0.461 e. The van der Waals surface area contributed by atoms with Crippen molar-refractivity contribution < 1.29 is 51.2 Å². The number of hydrogen-bond acceptors (Lipinski definition) is 10. The number of unbranched alkanes of at least 4 members (excludes halogenated alkanes) is 2. The Hall–Kier alpha value is -4.33. The van der Waals surface area contributed by atoms with E-state index in [1.807, 2.05) is 0 Å². The second-order valence-corrected chi connectivity index (χ2v) is 15.3. The third-order valence-corrected chi connectivity index (χ3v) is 9.29. The number of nitrogens with one attached hydrogen (secondary N) is 3. The van der Waals surface area contributed by atoms with Crippen LogP contribution in [0.5, 0.6) is 0 Å². The summed E-state index contributed by atoms with van der Waals surface area (Å²) in [6.07, 6.45) is 8.23. The number of terminal acetylenes is 1. The first kappa shape index (κ1) is 44.8. The van der Waals surface area contributed by atoms with E-state index in [2.05, 4.69) is 21.9 Å². The van der Waals surface area contributed by atoms with E-state index in [4.69, 9.17) is 20.4 Å². The third-order valence-electron chi connectivity index (χ3n) is 8.49. The van der Waals surface area contributed by atoms with E-state index in [0.29, 0.717) is 44.4 Å². The monoisotopic (exact) mass is 762 g/mol. The Morgan fingerprint density at radius 3 is 2.28 bits per heavy atom. The lowest BCUT2D eigenvalue weighted by Crippen LogP contribution is -2.53. The highest BCUT2D eigenvalue weighted by Crippen LogP contribution is 2.21. The van der Waals surface area contributed by atoms with Gasteiger partial charge in [-0.05, 0) is 68.2 Å². The van der Waals surface area contributed by atoms with E-state index in [0.717, 1.165) is 11.1 Å². The Balaban J connectivity index is 1.91. The maximum absolute atomic E-state index is 13.2. The number of hydrogen-bond donors (Lipinski definition) is 4. The van der Waals surface area contributed by atoms with Crippen LogP contribution in [0.25, 0.3) is 0 Å². The van der Waals surface area contributed by atoms with Crippen LogP contribution < -0.4 is 16.0 Å². The second kappa shape index (κ2) is 22.0. The number of ether oxygens (including phenoxy) is 2. The molecule has 0 aromatic heterocycles. The normalized spacial score (nSPS) is 15.6. The molecule has 4 N–H and O–H groups in total. The highest BCUT2D eigenvalue weighted by molar-refractivity contribution is 7.85. The fourth-order valence-electron chi connectivity index (χ4n) is 5.38. The van der Waals surface area contributed by atoms with Gasteiger partial charge in [0.1, 0.15) is 24.6 Å². The van der Waals surface area contributed by atoms with Crippen molar-refractivity contribution in [2.24, 2.45) is 17.8 Å². The summed E-state index contributed by atoms with van der Waals surface area (Å²) >= 11 is 0. The number of imide groups is 1. The van der Waals surface area contributed by atoms with E-state index in [-0.39, 0.29) is 74.5 Å². The van der Waals surface area contributed by atoms with Gasteiger partial charge in [0.15, 0.2) is 0 Å². The number of carbonyl (C=O) groups excluding carboxylic acids is 6. The number of benzene rings is 1. The fraction of sp³-hybridized carbons (Fsp3) is 0.622. The summed E-state index contributed by atoms with van der Waals surface area (Å²) in [5.41, 5.74) is 1.97. The van der Waals surface area contributed by atoms with E-state index in [1.54, 1.807) is 45.9 Å². The number of carbonyl (C=O) groups is 6. The highest BCUT2D eigenvalue weighted by Gasteiger charge is 2.36. The van der Waals surface area contributed by atoms with Gasteiger partial charge < -0.3 is 25.4 Å². The van der Waals surface area contributed by atoms with Gasteiger partial charge in [0.05, 0.1) is 11.7 Å². The molecule has 16 heteroatoms. The summed E-state index contributed by atoms with van der Waals surface area (Å²) in [6.45, 7) is 9.25. The molecular weight excluding hydrogens is 708 g/mol. The number of esters is 1. The average molecular weight is 763 g/mol. The molecule has 3 atom stereocenters. The highest BCUT2D eigenvalue weighted by atomic mass is 32.2. The predicted molar refractivity (Wildman–Crippen MR) is 196 cm³/mol. The summed E-state index contributed by atoms with van der Waals surface area (Å²) in [7, 11) is -4.05. The van der Waals surface area contributed by atoms with Crippen LogP contribution in [-0.4, -0.2) is 91.0 Å². The summed E-state index contributed by atoms with van der Waals surface area (Å²) < 4.78 is 41.5. The topological polar surface area (TPSA) is 215 Å². The molecule has 1 fully saturated rings. The van der Waals surface area contributed by atoms with Crippen molar-refractivity contribution in [3.05, 3.63) is 29.3 Å². The Kier molecular flexibility index (Phi) is 18.6. The van der Waals surface area contributed by atoms with Crippen molar-refractivity contribution >= 4 is 51.3 Å². The molecule has 5 amide bonds. The van der Waals surface area contributed by atoms with E-state index in [1.165, 1.54) is 11.8 Å². The molecule has 1 unspecified atom stereocenters. The first-order valence-electron chi connectivity index (χ1n) is 18.0.